The van der Waals surface area contributed by atoms with E-state index in [2.05, 4.69) is 42.1 Å². The van der Waals surface area contributed by atoms with Gasteiger partial charge in [0.05, 0.1) is 12.0 Å². The average Bonchev–Trinajstić information content (AvgIpc) is 2.87. The Balaban J connectivity index is 2.14. The zero-order chi connectivity index (χ0) is 12.5. The first-order chi connectivity index (χ1) is 8.02. The average molecular weight is 253 g/mol. The van der Waals surface area contributed by atoms with Crippen molar-refractivity contribution in [2.75, 3.05) is 5.75 Å². The second-order valence-corrected chi connectivity index (χ2v) is 7.30. The summed E-state index contributed by atoms with van der Waals surface area (Å²) in [6, 6.07) is 0.0903. The fourth-order valence-corrected chi connectivity index (χ4v) is 3.70. The van der Waals surface area contributed by atoms with Gasteiger partial charge in [-0.25, -0.2) is 4.98 Å². The molecule has 0 saturated carbocycles. The molecule has 1 aliphatic rings. The molecule has 2 heterocycles. The molecular formula is C13H23N3S. The molecule has 0 aromatic carbocycles. The first-order valence-corrected chi connectivity index (χ1v) is 7.40. The van der Waals surface area contributed by atoms with Crippen molar-refractivity contribution in [3.05, 3.63) is 18.2 Å². The second kappa shape index (κ2) is 5.02. The van der Waals surface area contributed by atoms with Crippen LogP contribution in [0.1, 0.15) is 45.3 Å². The van der Waals surface area contributed by atoms with Gasteiger partial charge in [-0.1, -0.05) is 13.8 Å². The van der Waals surface area contributed by atoms with Crippen LogP contribution in [0.15, 0.2) is 12.5 Å². The normalized spacial score (nSPS) is 26.6. The molecule has 0 radical (unpaired) electrons. The molecule has 0 aliphatic carbocycles. The van der Waals surface area contributed by atoms with E-state index in [1.165, 1.54) is 24.3 Å². The van der Waals surface area contributed by atoms with Crippen molar-refractivity contribution < 1.29 is 0 Å². The Morgan fingerprint density at radius 2 is 2.35 bits per heavy atom. The minimum absolute atomic E-state index is 0.0903. The van der Waals surface area contributed by atoms with Gasteiger partial charge in [0.1, 0.15) is 0 Å². The van der Waals surface area contributed by atoms with Gasteiger partial charge in [0.2, 0.25) is 0 Å². The van der Waals surface area contributed by atoms with Gasteiger partial charge in [-0.05, 0) is 31.4 Å². The molecule has 1 fully saturated rings. The highest BCUT2D eigenvalue weighted by Gasteiger charge is 2.31. The maximum absolute atomic E-state index is 6.23. The maximum Gasteiger partial charge on any atom is 0.0949 e. The van der Waals surface area contributed by atoms with E-state index in [0.29, 0.717) is 10.7 Å². The summed E-state index contributed by atoms with van der Waals surface area (Å²) in [5, 5.41) is 0. The van der Waals surface area contributed by atoms with Crippen LogP contribution in [0.3, 0.4) is 0 Å². The van der Waals surface area contributed by atoms with E-state index in [4.69, 9.17) is 5.73 Å². The highest BCUT2D eigenvalue weighted by atomic mass is 32.2. The number of nitrogens with two attached hydrogens (primary N) is 1. The molecule has 4 heteroatoms. The van der Waals surface area contributed by atoms with E-state index in [1.54, 1.807) is 0 Å². The molecule has 1 aromatic heterocycles. The standard InChI is InChI=1S/C13H23N3S/c1-10(2)12(14)11-7-15-9-16(11)8-13(3)5-4-6-17-13/h7,9-10,12H,4-6,8,14H2,1-3H3. The quantitative estimate of drug-likeness (QED) is 0.897. The lowest BCUT2D eigenvalue weighted by Crippen LogP contribution is -2.27. The van der Waals surface area contributed by atoms with Gasteiger partial charge in [0.25, 0.3) is 0 Å². The Labute approximate surface area is 108 Å². The highest BCUT2D eigenvalue weighted by Crippen LogP contribution is 2.39. The molecule has 1 aromatic rings. The predicted octanol–water partition coefficient (Wildman–Crippen LogP) is 2.82. The SMILES string of the molecule is CC(C)C(N)c1cncn1CC1(C)CCCS1. The van der Waals surface area contributed by atoms with Crippen LogP contribution in [0, 0.1) is 5.92 Å². The summed E-state index contributed by atoms with van der Waals surface area (Å²) >= 11 is 2.08. The molecule has 1 saturated heterocycles. The highest BCUT2D eigenvalue weighted by molar-refractivity contribution is 8.00. The van der Waals surface area contributed by atoms with Crippen LogP contribution in [0.5, 0.6) is 0 Å². The molecule has 17 heavy (non-hydrogen) atoms. The largest absolute Gasteiger partial charge is 0.332 e. The number of thioether (sulfide) groups is 1. The van der Waals surface area contributed by atoms with Gasteiger partial charge in [-0.2, -0.15) is 11.8 Å². The van der Waals surface area contributed by atoms with Gasteiger partial charge >= 0.3 is 0 Å². The van der Waals surface area contributed by atoms with Crippen molar-refractivity contribution in [2.45, 2.75) is 50.9 Å². The molecule has 0 amide bonds. The van der Waals surface area contributed by atoms with Crippen molar-refractivity contribution in [3.8, 4) is 0 Å². The van der Waals surface area contributed by atoms with Gasteiger partial charge in [-0.3, -0.25) is 0 Å². The number of hydrogen-bond acceptors (Lipinski definition) is 3. The second-order valence-electron chi connectivity index (χ2n) is 5.62. The van der Waals surface area contributed by atoms with Crippen LogP contribution in [-0.4, -0.2) is 20.1 Å². The summed E-state index contributed by atoms with van der Waals surface area (Å²) in [4.78, 5) is 4.27. The molecule has 0 spiro atoms. The Morgan fingerprint density at radius 3 is 2.94 bits per heavy atom. The molecule has 0 bridgehead atoms. The smallest absolute Gasteiger partial charge is 0.0949 e. The van der Waals surface area contributed by atoms with Crippen LogP contribution in [0.25, 0.3) is 0 Å². The summed E-state index contributed by atoms with van der Waals surface area (Å²) in [7, 11) is 0. The fraction of sp³-hybridized carbons (Fsp3) is 0.769. The van der Waals surface area contributed by atoms with Crippen LogP contribution in [0.2, 0.25) is 0 Å². The third-order valence-corrected chi connectivity index (χ3v) is 5.13. The van der Waals surface area contributed by atoms with E-state index in [9.17, 15) is 0 Å². The zero-order valence-electron chi connectivity index (χ0n) is 11.0. The van der Waals surface area contributed by atoms with Crippen molar-refractivity contribution in [3.63, 3.8) is 0 Å². The first-order valence-electron chi connectivity index (χ1n) is 6.41. The maximum atomic E-state index is 6.23. The number of hydrogen-bond donors (Lipinski definition) is 1. The molecule has 2 N–H and O–H groups in total. The lowest BCUT2D eigenvalue weighted by Gasteiger charge is -2.26. The van der Waals surface area contributed by atoms with Crippen molar-refractivity contribution in [1.29, 1.82) is 0 Å². The minimum Gasteiger partial charge on any atom is -0.332 e. The Hall–Kier alpha value is -0.480. The van der Waals surface area contributed by atoms with E-state index in [-0.39, 0.29) is 6.04 Å². The molecular weight excluding hydrogens is 230 g/mol. The fourth-order valence-electron chi connectivity index (χ4n) is 2.40. The Morgan fingerprint density at radius 1 is 1.59 bits per heavy atom. The Bertz CT molecular complexity index is 366. The summed E-state index contributed by atoms with van der Waals surface area (Å²) < 4.78 is 2.62. The zero-order valence-corrected chi connectivity index (χ0v) is 11.8. The van der Waals surface area contributed by atoms with E-state index in [0.717, 1.165) is 6.54 Å². The van der Waals surface area contributed by atoms with E-state index < -0.39 is 0 Å². The third-order valence-electron chi connectivity index (χ3n) is 3.61. The monoisotopic (exact) mass is 253 g/mol. The first kappa shape index (κ1) is 13.0. The van der Waals surface area contributed by atoms with Crippen molar-refractivity contribution >= 4 is 11.8 Å². The van der Waals surface area contributed by atoms with Gasteiger partial charge in [0, 0.05) is 23.5 Å². The number of imidazole rings is 1. The summed E-state index contributed by atoms with van der Waals surface area (Å²) in [6.45, 7) is 7.71. The number of nitrogens with zero attached hydrogens (tertiary/aromatic N) is 2. The molecule has 2 rings (SSSR count). The number of rotatable bonds is 4. The molecule has 2 atom stereocenters. The lowest BCUT2D eigenvalue weighted by molar-refractivity contribution is 0.446. The topological polar surface area (TPSA) is 43.8 Å². The third kappa shape index (κ3) is 2.86. The molecule has 96 valence electrons. The van der Waals surface area contributed by atoms with E-state index >= 15 is 0 Å². The van der Waals surface area contributed by atoms with E-state index in [1.807, 2.05) is 12.5 Å². The van der Waals surface area contributed by atoms with Gasteiger partial charge in [0.15, 0.2) is 0 Å². The summed E-state index contributed by atoms with van der Waals surface area (Å²) in [6.07, 6.45) is 6.49. The summed E-state index contributed by atoms with van der Waals surface area (Å²) in [5.41, 5.74) is 7.41. The van der Waals surface area contributed by atoms with Crippen LogP contribution >= 0.6 is 11.8 Å². The van der Waals surface area contributed by atoms with Gasteiger partial charge in [-0.15, -0.1) is 0 Å². The van der Waals surface area contributed by atoms with Crippen molar-refractivity contribution in [2.24, 2.45) is 11.7 Å². The molecule has 3 nitrogen and oxygen atoms in total. The van der Waals surface area contributed by atoms with Gasteiger partial charge < -0.3 is 10.3 Å². The molecule has 2 unspecified atom stereocenters. The summed E-state index contributed by atoms with van der Waals surface area (Å²) in [5.74, 6) is 1.74. The Kier molecular flexibility index (Phi) is 3.83. The van der Waals surface area contributed by atoms with Crippen molar-refractivity contribution in [1.82, 2.24) is 9.55 Å². The van der Waals surface area contributed by atoms with Crippen LogP contribution in [0.4, 0.5) is 0 Å². The number of aromatic nitrogens is 2. The van der Waals surface area contributed by atoms with Crippen LogP contribution < -0.4 is 5.73 Å². The predicted molar refractivity (Wildman–Crippen MR) is 74.1 cm³/mol. The minimum atomic E-state index is 0.0903. The van der Waals surface area contributed by atoms with Crippen LogP contribution in [-0.2, 0) is 6.54 Å². The molecule has 1 aliphatic heterocycles. The lowest BCUT2D eigenvalue weighted by atomic mass is 10.0.